The number of aromatic nitrogens is 2. The van der Waals surface area contributed by atoms with Gasteiger partial charge in [-0.3, -0.25) is 19.2 Å². The Hall–Kier alpha value is -3.73. The molecule has 11 nitrogen and oxygen atoms in total. The predicted octanol–water partition coefficient (Wildman–Crippen LogP) is 0.127. The molecule has 0 fully saturated rings. The quantitative estimate of drug-likeness (QED) is 0.233. The minimum absolute atomic E-state index is 0.0933. The molecule has 0 aliphatic carbocycles. The van der Waals surface area contributed by atoms with Crippen LogP contribution in [0, 0.1) is 5.92 Å². The van der Waals surface area contributed by atoms with E-state index in [0.717, 1.165) is 5.56 Å². The molecule has 0 aliphatic rings. The van der Waals surface area contributed by atoms with Gasteiger partial charge in [0.1, 0.15) is 18.1 Å². The van der Waals surface area contributed by atoms with Gasteiger partial charge in [0.05, 0.1) is 12.4 Å². The number of nitrogens with one attached hydrogen (secondary N) is 4. The van der Waals surface area contributed by atoms with E-state index in [4.69, 9.17) is 10.8 Å². The van der Waals surface area contributed by atoms with E-state index >= 15 is 0 Å². The van der Waals surface area contributed by atoms with E-state index in [9.17, 15) is 19.2 Å². The molecule has 7 N–H and O–H groups in total. The summed E-state index contributed by atoms with van der Waals surface area (Å²) < 4.78 is 0. The molecular formula is C24H34N6O5. The van der Waals surface area contributed by atoms with Crippen LogP contribution in [0.2, 0.25) is 0 Å². The van der Waals surface area contributed by atoms with Crippen molar-refractivity contribution < 1.29 is 24.3 Å². The summed E-state index contributed by atoms with van der Waals surface area (Å²) in [6.45, 7) is 5.09. The highest BCUT2D eigenvalue weighted by Crippen LogP contribution is 2.08. The van der Waals surface area contributed by atoms with Crippen LogP contribution in [0.1, 0.15) is 38.4 Å². The van der Waals surface area contributed by atoms with E-state index in [0.29, 0.717) is 12.1 Å². The van der Waals surface area contributed by atoms with Crippen LogP contribution in [0.15, 0.2) is 42.9 Å². The van der Waals surface area contributed by atoms with Gasteiger partial charge in [-0.15, -0.1) is 0 Å². The number of nitrogens with zero attached hydrogens (tertiary/aromatic N) is 1. The van der Waals surface area contributed by atoms with Crippen LogP contribution in [0.3, 0.4) is 0 Å². The first-order valence-corrected chi connectivity index (χ1v) is 11.5. The van der Waals surface area contributed by atoms with Gasteiger partial charge in [0.2, 0.25) is 17.7 Å². The number of benzene rings is 1. The van der Waals surface area contributed by atoms with Gasteiger partial charge in [-0.2, -0.15) is 0 Å². The summed E-state index contributed by atoms with van der Waals surface area (Å²) in [7, 11) is 0. The summed E-state index contributed by atoms with van der Waals surface area (Å²) in [6.07, 6.45) is 3.89. The Kier molecular flexibility index (Phi) is 10.4. The maximum absolute atomic E-state index is 13.3. The van der Waals surface area contributed by atoms with Gasteiger partial charge in [0.15, 0.2) is 0 Å². The summed E-state index contributed by atoms with van der Waals surface area (Å²) in [5.74, 6) is -3.04. The molecule has 3 amide bonds. The zero-order valence-corrected chi connectivity index (χ0v) is 20.2. The van der Waals surface area contributed by atoms with E-state index < -0.39 is 47.9 Å². The third-order valence-electron chi connectivity index (χ3n) is 5.82. The molecule has 1 aromatic carbocycles. The Balaban J connectivity index is 2.24. The average molecular weight is 487 g/mol. The van der Waals surface area contributed by atoms with Gasteiger partial charge in [0, 0.05) is 24.7 Å². The second-order valence-corrected chi connectivity index (χ2v) is 8.57. The molecule has 5 unspecified atom stereocenters. The molecular weight excluding hydrogens is 452 g/mol. The molecule has 0 saturated heterocycles. The number of aromatic amines is 1. The molecule has 1 aromatic heterocycles. The third-order valence-corrected chi connectivity index (χ3v) is 5.82. The Labute approximate surface area is 204 Å². The number of carbonyl (C=O) groups is 4. The minimum atomic E-state index is -1.20. The lowest BCUT2D eigenvalue weighted by molar-refractivity contribution is -0.141. The van der Waals surface area contributed by atoms with Crippen LogP contribution < -0.4 is 21.7 Å². The number of rotatable bonds is 13. The number of hydrogen-bond acceptors (Lipinski definition) is 6. The van der Waals surface area contributed by atoms with Crippen LogP contribution in [-0.2, 0) is 32.0 Å². The summed E-state index contributed by atoms with van der Waals surface area (Å²) in [5, 5.41) is 16.9. The predicted molar refractivity (Wildman–Crippen MR) is 129 cm³/mol. The molecule has 2 aromatic rings. The SMILES string of the molecule is CCC(C)C(N)C(=O)NC(Cc1cnc[nH]1)C(=O)NC(Cc1ccccc1)C(=O)NC(C)C(=O)O. The highest BCUT2D eigenvalue weighted by molar-refractivity contribution is 5.94. The molecule has 0 saturated carbocycles. The Morgan fingerprint density at radius 1 is 0.971 bits per heavy atom. The zero-order chi connectivity index (χ0) is 26.0. The lowest BCUT2D eigenvalue weighted by atomic mass is 9.98. The highest BCUT2D eigenvalue weighted by Gasteiger charge is 2.30. The van der Waals surface area contributed by atoms with E-state index in [1.54, 1.807) is 24.3 Å². The van der Waals surface area contributed by atoms with Crippen molar-refractivity contribution in [1.82, 2.24) is 25.9 Å². The first kappa shape index (κ1) is 27.5. The topological polar surface area (TPSA) is 179 Å². The van der Waals surface area contributed by atoms with E-state index in [2.05, 4.69) is 25.9 Å². The molecule has 0 spiro atoms. The summed E-state index contributed by atoms with van der Waals surface area (Å²) in [4.78, 5) is 57.0. The van der Waals surface area contributed by atoms with Gasteiger partial charge in [-0.05, 0) is 18.4 Å². The molecule has 190 valence electrons. The number of carboxylic acids is 1. The number of amides is 3. The van der Waals surface area contributed by atoms with Crippen molar-refractivity contribution >= 4 is 23.7 Å². The molecule has 11 heteroatoms. The molecule has 0 aliphatic heterocycles. The van der Waals surface area contributed by atoms with E-state index in [-0.39, 0.29) is 18.8 Å². The molecule has 5 atom stereocenters. The van der Waals surface area contributed by atoms with Crippen molar-refractivity contribution in [3.8, 4) is 0 Å². The maximum Gasteiger partial charge on any atom is 0.325 e. The van der Waals surface area contributed by atoms with E-state index in [1.807, 2.05) is 19.9 Å². The third kappa shape index (κ3) is 8.53. The first-order valence-electron chi connectivity index (χ1n) is 11.5. The van der Waals surface area contributed by atoms with Gasteiger partial charge >= 0.3 is 5.97 Å². The van der Waals surface area contributed by atoms with Crippen molar-refractivity contribution in [2.45, 2.75) is 64.2 Å². The standard InChI is InChI=1S/C24H34N6O5/c1-4-14(2)20(25)23(33)30-19(11-17-12-26-13-27-17)22(32)29-18(10-16-8-6-5-7-9-16)21(31)28-15(3)24(34)35/h5-9,12-15,18-20H,4,10-11,25H2,1-3H3,(H,26,27)(H,28,31)(H,29,32)(H,30,33)(H,34,35). The smallest absolute Gasteiger partial charge is 0.325 e. The zero-order valence-electron chi connectivity index (χ0n) is 20.2. The second kappa shape index (κ2) is 13.2. The molecule has 0 radical (unpaired) electrons. The average Bonchev–Trinajstić information content (AvgIpc) is 3.35. The van der Waals surface area contributed by atoms with Crippen LogP contribution in [0.4, 0.5) is 0 Å². The van der Waals surface area contributed by atoms with Crippen LogP contribution >= 0.6 is 0 Å². The van der Waals surface area contributed by atoms with Crippen molar-refractivity contribution in [3.63, 3.8) is 0 Å². The lowest BCUT2D eigenvalue weighted by Gasteiger charge is -2.25. The fourth-order valence-corrected chi connectivity index (χ4v) is 3.31. The normalized spacial score (nSPS) is 15.2. The lowest BCUT2D eigenvalue weighted by Crippen LogP contribution is -2.58. The molecule has 0 bridgehead atoms. The van der Waals surface area contributed by atoms with Crippen LogP contribution in [-0.4, -0.2) is 62.9 Å². The number of imidazole rings is 1. The number of nitrogens with two attached hydrogens (primary N) is 1. The number of H-pyrrole nitrogens is 1. The molecule has 35 heavy (non-hydrogen) atoms. The fourth-order valence-electron chi connectivity index (χ4n) is 3.31. The van der Waals surface area contributed by atoms with Gasteiger partial charge < -0.3 is 31.8 Å². The summed E-state index contributed by atoms with van der Waals surface area (Å²) in [6, 6.07) is 4.93. The molecule has 2 rings (SSSR count). The second-order valence-electron chi connectivity index (χ2n) is 8.57. The largest absolute Gasteiger partial charge is 0.480 e. The highest BCUT2D eigenvalue weighted by atomic mass is 16.4. The number of aliphatic carboxylic acids is 1. The Morgan fingerprint density at radius 3 is 2.14 bits per heavy atom. The van der Waals surface area contributed by atoms with Crippen molar-refractivity contribution in [1.29, 1.82) is 0 Å². The molecule has 1 heterocycles. The fraction of sp³-hybridized carbons (Fsp3) is 0.458. The minimum Gasteiger partial charge on any atom is -0.480 e. The van der Waals surface area contributed by atoms with Gasteiger partial charge in [-0.1, -0.05) is 50.6 Å². The van der Waals surface area contributed by atoms with Crippen molar-refractivity contribution in [2.24, 2.45) is 11.7 Å². The van der Waals surface area contributed by atoms with Crippen LogP contribution in [0.5, 0.6) is 0 Å². The van der Waals surface area contributed by atoms with Crippen LogP contribution in [0.25, 0.3) is 0 Å². The van der Waals surface area contributed by atoms with Crippen molar-refractivity contribution in [2.75, 3.05) is 0 Å². The summed E-state index contributed by atoms with van der Waals surface area (Å²) in [5.41, 5.74) is 7.41. The monoisotopic (exact) mass is 486 g/mol. The Bertz CT molecular complexity index is 982. The maximum atomic E-state index is 13.3. The Morgan fingerprint density at radius 2 is 1.57 bits per heavy atom. The summed E-state index contributed by atoms with van der Waals surface area (Å²) >= 11 is 0. The number of carboxylic acid groups (broad SMARTS) is 1. The number of carbonyl (C=O) groups excluding carboxylic acids is 3. The van der Waals surface area contributed by atoms with Gasteiger partial charge in [0.25, 0.3) is 0 Å². The van der Waals surface area contributed by atoms with Crippen molar-refractivity contribution in [3.05, 3.63) is 54.1 Å². The van der Waals surface area contributed by atoms with E-state index in [1.165, 1.54) is 19.4 Å². The first-order chi connectivity index (χ1) is 16.6. The number of hydrogen-bond donors (Lipinski definition) is 6. The van der Waals surface area contributed by atoms with Gasteiger partial charge in [-0.25, -0.2) is 4.98 Å².